The minimum Gasteiger partial charge on any atom is -0.497 e. The second kappa shape index (κ2) is 13.3. The smallest absolute Gasteiger partial charge is 0.264 e. The average molecular weight is 666 g/mol. The number of carbonyl (C=O) groups excluding carboxylic acids is 3. The first-order valence-electron chi connectivity index (χ1n) is 17.2. The van der Waals surface area contributed by atoms with Crippen LogP contribution in [0.15, 0.2) is 42.5 Å². The van der Waals surface area contributed by atoms with Crippen molar-refractivity contribution in [2.24, 2.45) is 5.92 Å². The molecule has 47 heavy (non-hydrogen) atoms. The molecule has 2 aromatic rings. The Morgan fingerprint density at radius 3 is 2.62 bits per heavy atom. The lowest BCUT2D eigenvalue weighted by Gasteiger charge is -2.31. The number of carbonyl (C=O) groups is 3. The summed E-state index contributed by atoms with van der Waals surface area (Å²) in [6.07, 6.45) is 5.23. The van der Waals surface area contributed by atoms with E-state index in [1.807, 2.05) is 54.3 Å². The summed E-state index contributed by atoms with van der Waals surface area (Å²) in [7, 11) is -1.91. The molecule has 6 rings (SSSR count). The fraction of sp³-hybridized carbons (Fsp3) is 0.583. The van der Waals surface area contributed by atoms with Crippen molar-refractivity contribution >= 4 is 37.5 Å². The topological polar surface area (TPSA) is 99.6 Å². The highest BCUT2D eigenvalue weighted by molar-refractivity contribution is 6.72. The number of nitrogens with zero attached hydrogens (tertiary/aromatic N) is 3. The first kappa shape index (κ1) is 33.6. The summed E-state index contributed by atoms with van der Waals surface area (Å²) in [6, 6.07) is 13.0. The standard InChI is InChI=1S/C36H48FN3O6Si/c1-24-34(47(3,4)37)31(21-33(43)39-18-10-13-27(39)23-41)46-36(24)29-20-28(45-2)15-16-30(29)40(35(36)44)22-25-11-9-12-26(19-25)38-17-8-6-5-7-14-32(38)42/h9,11-12,15-16,19-20,24,27,31,34,41H,5-8,10,13-14,17-18,21-23H2,1-4H3/t24-,27+,31+,34-,36+/m1/s1. The molecule has 0 bridgehead atoms. The van der Waals surface area contributed by atoms with E-state index in [2.05, 4.69) is 0 Å². The zero-order valence-corrected chi connectivity index (χ0v) is 29.0. The molecule has 1 spiro atoms. The van der Waals surface area contributed by atoms with Crippen LogP contribution in [-0.2, 0) is 31.3 Å². The molecule has 3 fully saturated rings. The second-order valence-corrected chi connectivity index (χ2v) is 18.0. The summed E-state index contributed by atoms with van der Waals surface area (Å²) in [5, 5.41) is 9.85. The van der Waals surface area contributed by atoms with Crippen LogP contribution in [0, 0.1) is 5.92 Å². The predicted molar refractivity (Wildman–Crippen MR) is 181 cm³/mol. The molecule has 0 unspecified atom stereocenters. The third kappa shape index (κ3) is 6.10. The molecule has 0 aromatic heterocycles. The number of amides is 3. The number of rotatable bonds is 8. The van der Waals surface area contributed by atoms with E-state index in [1.165, 1.54) is 0 Å². The first-order chi connectivity index (χ1) is 22.5. The molecule has 254 valence electrons. The average Bonchev–Trinajstić information content (AvgIpc) is 3.69. The molecule has 0 radical (unpaired) electrons. The monoisotopic (exact) mass is 665 g/mol. The van der Waals surface area contributed by atoms with Gasteiger partial charge in [-0.05, 0) is 74.7 Å². The van der Waals surface area contributed by atoms with Crippen molar-refractivity contribution in [1.29, 1.82) is 0 Å². The molecule has 1 N–H and O–H groups in total. The molecule has 2 aromatic carbocycles. The minimum atomic E-state index is -3.47. The lowest BCUT2D eigenvalue weighted by Crippen LogP contribution is -2.45. The van der Waals surface area contributed by atoms with Crippen LogP contribution in [-0.4, -0.2) is 75.1 Å². The van der Waals surface area contributed by atoms with Gasteiger partial charge >= 0.3 is 0 Å². The zero-order chi connectivity index (χ0) is 33.5. The van der Waals surface area contributed by atoms with E-state index < -0.39 is 31.6 Å². The van der Waals surface area contributed by atoms with Gasteiger partial charge in [0.05, 0.1) is 44.5 Å². The Morgan fingerprint density at radius 2 is 1.87 bits per heavy atom. The van der Waals surface area contributed by atoms with Crippen LogP contribution in [0.2, 0.25) is 18.6 Å². The van der Waals surface area contributed by atoms with Crippen molar-refractivity contribution in [1.82, 2.24) is 4.90 Å². The number of halogens is 1. The van der Waals surface area contributed by atoms with Crippen molar-refractivity contribution in [2.75, 3.05) is 36.6 Å². The number of fused-ring (bicyclic) bond motifs is 2. The van der Waals surface area contributed by atoms with Gasteiger partial charge < -0.3 is 33.4 Å². The molecule has 3 amide bonds. The minimum absolute atomic E-state index is 0.0495. The van der Waals surface area contributed by atoms with Crippen LogP contribution >= 0.6 is 0 Å². The van der Waals surface area contributed by atoms with Crippen molar-refractivity contribution in [2.45, 2.75) is 101 Å². The normalized spacial score (nSPS) is 28.2. The maximum absolute atomic E-state index is 16.3. The Balaban J connectivity index is 1.35. The summed E-state index contributed by atoms with van der Waals surface area (Å²) >= 11 is 0. The number of methoxy groups -OCH3 is 1. The van der Waals surface area contributed by atoms with Crippen molar-refractivity contribution in [3.05, 3.63) is 53.6 Å². The van der Waals surface area contributed by atoms with Crippen LogP contribution in [0.3, 0.4) is 0 Å². The fourth-order valence-electron chi connectivity index (χ4n) is 8.59. The predicted octanol–water partition coefficient (Wildman–Crippen LogP) is 5.69. The van der Waals surface area contributed by atoms with Gasteiger partial charge in [0.1, 0.15) is 5.75 Å². The number of hydrogen-bond donors (Lipinski definition) is 1. The summed E-state index contributed by atoms with van der Waals surface area (Å²) in [5.41, 5.74) is 0.863. The number of anilines is 2. The van der Waals surface area contributed by atoms with Gasteiger partial charge in [0.25, 0.3) is 5.91 Å². The molecule has 9 nitrogen and oxygen atoms in total. The number of benzene rings is 2. The maximum Gasteiger partial charge on any atom is 0.264 e. The Kier molecular flexibility index (Phi) is 9.52. The van der Waals surface area contributed by atoms with Crippen LogP contribution in [0.1, 0.15) is 69.4 Å². The molecule has 4 heterocycles. The number of ether oxygens (including phenoxy) is 2. The number of likely N-dealkylation sites (tertiary alicyclic amines) is 1. The highest BCUT2D eigenvalue weighted by Crippen LogP contribution is 2.60. The molecule has 4 aliphatic heterocycles. The Bertz CT molecular complexity index is 1520. The zero-order valence-electron chi connectivity index (χ0n) is 28.0. The number of aliphatic hydroxyl groups excluding tert-OH is 1. The van der Waals surface area contributed by atoms with E-state index in [0.29, 0.717) is 36.5 Å². The van der Waals surface area contributed by atoms with Gasteiger partial charge in [-0.1, -0.05) is 31.9 Å². The van der Waals surface area contributed by atoms with Gasteiger partial charge in [-0.25, -0.2) is 0 Å². The molecule has 0 saturated carbocycles. The van der Waals surface area contributed by atoms with E-state index in [1.54, 1.807) is 30.0 Å². The first-order valence-corrected chi connectivity index (χ1v) is 20.1. The molecule has 11 heteroatoms. The summed E-state index contributed by atoms with van der Waals surface area (Å²) < 4.78 is 28.7. The second-order valence-electron chi connectivity index (χ2n) is 14.2. The molecular weight excluding hydrogens is 617 g/mol. The number of hydrogen-bond acceptors (Lipinski definition) is 6. The van der Waals surface area contributed by atoms with Crippen molar-refractivity contribution in [3.8, 4) is 5.75 Å². The molecule has 5 atom stereocenters. The third-order valence-corrected chi connectivity index (χ3v) is 13.3. The van der Waals surface area contributed by atoms with Gasteiger partial charge in [0.15, 0.2) is 5.60 Å². The highest BCUT2D eigenvalue weighted by Gasteiger charge is 2.67. The Labute approximate surface area is 278 Å². The van der Waals surface area contributed by atoms with E-state index in [0.717, 1.165) is 49.8 Å². The van der Waals surface area contributed by atoms with Gasteiger partial charge in [-0.3, -0.25) is 14.4 Å². The summed E-state index contributed by atoms with van der Waals surface area (Å²) in [4.78, 5) is 46.7. The number of aliphatic hydroxyl groups is 1. The highest BCUT2D eigenvalue weighted by atomic mass is 28.4. The lowest BCUT2D eigenvalue weighted by atomic mass is 9.82. The lowest BCUT2D eigenvalue weighted by molar-refractivity contribution is -0.150. The van der Waals surface area contributed by atoms with Crippen LogP contribution in [0.5, 0.6) is 5.75 Å². The summed E-state index contributed by atoms with van der Waals surface area (Å²) in [5.74, 6) is -0.335. The molecule has 4 aliphatic rings. The quantitative estimate of drug-likeness (QED) is 0.288. The third-order valence-electron chi connectivity index (χ3n) is 10.8. The van der Waals surface area contributed by atoms with Gasteiger partial charge in [-0.2, -0.15) is 0 Å². The summed E-state index contributed by atoms with van der Waals surface area (Å²) in [6.45, 7) is 6.48. The van der Waals surface area contributed by atoms with Crippen molar-refractivity contribution < 1.29 is 33.1 Å². The van der Waals surface area contributed by atoms with E-state index in [4.69, 9.17) is 9.47 Å². The molecule has 3 saturated heterocycles. The van der Waals surface area contributed by atoms with E-state index >= 15 is 4.11 Å². The Hall–Kier alpha value is -3.28. The largest absolute Gasteiger partial charge is 0.497 e. The van der Waals surface area contributed by atoms with Gasteiger partial charge in [0, 0.05) is 42.2 Å². The SMILES string of the molecule is COc1ccc2c(c1)[C@]1(O[C@@H](CC(=O)N3CCC[C@H]3CO)[C@H]([Si](C)(C)F)[C@H]1C)C(=O)N2Cc1cccc(N2CCCCCCC2=O)c1. The van der Waals surface area contributed by atoms with E-state index in [9.17, 15) is 19.5 Å². The molecule has 0 aliphatic carbocycles. The van der Waals surface area contributed by atoms with Crippen LogP contribution in [0.25, 0.3) is 0 Å². The molecular formula is C36H48FN3O6Si. The Morgan fingerprint density at radius 1 is 1.09 bits per heavy atom. The van der Waals surface area contributed by atoms with Gasteiger partial charge in [-0.15, -0.1) is 0 Å². The maximum atomic E-state index is 16.3. The van der Waals surface area contributed by atoms with Gasteiger partial charge in [0.2, 0.25) is 20.2 Å². The fourth-order valence-corrected chi connectivity index (χ4v) is 11.1. The van der Waals surface area contributed by atoms with Crippen LogP contribution in [0.4, 0.5) is 15.5 Å². The van der Waals surface area contributed by atoms with Crippen LogP contribution < -0.4 is 14.5 Å². The van der Waals surface area contributed by atoms with E-state index in [-0.39, 0.29) is 43.3 Å². The van der Waals surface area contributed by atoms with Crippen molar-refractivity contribution in [3.63, 3.8) is 0 Å².